The second kappa shape index (κ2) is 8.92. The van der Waals surface area contributed by atoms with Gasteiger partial charge in [-0.15, -0.1) is 0 Å². The molecule has 0 bridgehead atoms. The van der Waals surface area contributed by atoms with Crippen LogP contribution in [0.3, 0.4) is 0 Å². The molecule has 1 aliphatic heterocycles. The minimum absolute atomic E-state index is 0.00418. The zero-order valence-electron chi connectivity index (χ0n) is 18.0. The number of aromatic nitrogens is 1. The zero-order chi connectivity index (χ0) is 22.0. The largest absolute Gasteiger partial charge is 0.507 e. The van der Waals surface area contributed by atoms with Gasteiger partial charge in [0.25, 0.3) is 11.7 Å². The molecule has 2 aromatic rings. The quantitative estimate of drug-likeness (QED) is 0.434. The number of hydrogen-bond acceptors (Lipinski definition) is 5. The summed E-state index contributed by atoms with van der Waals surface area (Å²) >= 11 is 0. The van der Waals surface area contributed by atoms with Gasteiger partial charge in [-0.05, 0) is 68.7 Å². The lowest BCUT2D eigenvalue weighted by molar-refractivity contribution is -0.141. The number of ether oxygens (including phenoxy) is 1. The summed E-state index contributed by atoms with van der Waals surface area (Å²) in [5.41, 5.74) is 1.40. The Kier molecular flexibility index (Phi) is 6.07. The fourth-order valence-electron chi connectivity index (χ4n) is 4.58. The van der Waals surface area contributed by atoms with Crippen LogP contribution in [0.25, 0.3) is 5.76 Å². The maximum Gasteiger partial charge on any atom is 0.295 e. The summed E-state index contributed by atoms with van der Waals surface area (Å²) in [6, 6.07) is 9.93. The highest BCUT2D eigenvalue weighted by molar-refractivity contribution is 6.46. The molecule has 162 valence electrons. The number of carbonyl (C=O) groups excluding carboxylic acids is 2. The number of aliphatic hydroxyl groups excluding tert-OH is 1. The molecule has 4 rings (SSSR count). The van der Waals surface area contributed by atoms with Gasteiger partial charge in [0.1, 0.15) is 11.5 Å². The summed E-state index contributed by atoms with van der Waals surface area (Å²) < 4.78 is 5.67. The van der Waals surface area contributed by atoms with Crippen LogP contribution in [0.1, 0.15) is 63.1 Å². The molecule has 1 aliphatic carbocycles. The summed E-state index contributed by atoms with van der Waals surface area (Å²) in [7, 11) is 0. The first-order valence-corrected chi connectivity index (χ1v) is 10.9. The third-order valence-electron chi connectivity index (χ3n) is 5.97. The summed E-state index contributed by atoms with van der Waals surface area (Å²) in [6.07, 6.45) is 8.29. The van der Waals surface area contributed by atoms with Gasteiger partial charge >= 0.3 is 0 Å². The van der Waals surface area contributed by atoms with Crippen LogP contribution in [0.15, 0.2) is 54.4 Å². The van der Waals surface area contributed by atoms with Crippen LogP contribution in [-0.2, 0) is 9.59 Å². The molecule has 2 heterocycles. The molecule has 6 nitrogen and oxygen atoms in total. The summed E-state index contributed by atoms with van der Waals surface area (Å²) in [4.78, 5) is 32.0. The van der Waals surface area contributed by atoms with Gasteiger partial charge < -0.3 is 14.7 Å². The van der Waals surface area contributed by atoms with Crippen LogP contribution >= 0.6 is 0 Å². The highest BCUT2D eigenvalue weighted by atomic mass is 16.5. The standard InChI is InChI=1S/C25H28N2O4/c1-16(2)31-20-10-8-18(9-11-20)23(28)21-22(17-12-14-26-15-13-17)27(25(30)24(21)29)19-6-4-3-5-7-19/h8-16,19,22,28H,3-7H2,1-2H3/b23-21-. The lowest BCUT2D eigenvalue weighted by Crippen LogP contribution is -2.40. The van der Waals surface area contributed by atoms with Gasteiger partial charge in [-0.1, -0.05) is 19.3 Å². The first kappa shape index (κ1) is 21.1. The van der Waals surface area contributed by atoms with E-state index in [4.69, 9.17) is 4.74 Å². The summed E-state index contributed by atoms with van der Waals surface area (Å²) in [5.74, 6) is -0.642. The molecule has 0 radical (unpaired) electrons. The van der Waals surface area contributed by atoms with E-state index in [9.17, 15) is 14.7 Å². The molecule has 1 aromatic heterocycles. The van der Waals surface area contributed by atoms with Crippen LogP contribution in [0.4, 0.5) is 0 Å². The Morgan fingerprint density at radius 1 is 1.03 bits per heavy atom. The molecule has 1 N–H and O–H groups in total. The molecule has 1 saturated heterocycles. The molecule has 6 heteroatoms. The normalized spacial score (nSPS) is 21.6. The topological polar surface area (TPSA) is 79.7 Å². The Hall–Kier alpha value is -3.15. The molecule has 1 unspecified atom stereocenters. The Morgan fingerprint density at radius 2 is 1.68 bits per heavy atom. The third kappa shape index (κ3) is 4.20. The number of benzene rings is 1. The molecule has 0 spiro atoms. The van der Waals surface area contributed by atoms with E-state index >= 15 is 0 Å². The SMILES string of the molecule is CC(C)Oc1ccc(/C(O)=C2/C(=O)C(=O)N(C3CCCCC3)C2c2ccncc2)cc1. The highest BCUT2D eigenvalue weighted by Crippen LogP contribution is 2.42. The van der Waals surface area contributed by atoms with Gasteiger partial charge in [-0.3, -0.25) is 14.6 Å². The molecule has 1 saturated carbocycles. The van der Waals surface area contributed by atoms with Gasteiger partial charge in [-0.2, -0.15) is 0 Å². The van der Waals surface area contributed by atoms with Crippen LogP contribution in [-0.4, -0.2) is 38.8 Å². The second-order valence-corrected chi connectivity index (χ2v) is 8.47. The lowest BCUT2D eigenvalue weighted by Gasteiger charge is -2.35. The minimum atomic E-state index is -0.632. The van der Waals surface area contributed by atoms with Gasteiger partial charge in [-0.25, -0.2) is 0 Å². The van der Waals surface area contributed by atoms with Crippen molar-refractivity contribution in [3.63, 3.8) is 0 Å². The molecule has 2 aliphatic rings. The zero-order valence-corrected chi connectivity index (χ0v) is 18.0. The maximum absolute atomic E-state index is 13.1. The average molecular weight is 421 g/mol. The first-order chi connectivity index (χ1) is 15.0. The molecule has 1 aromatic carbocycles. The van der Waals surface area contributed by atoms with E-state index in [0.717, 1.165) is 37.7 Å². The number of carbonyl (C=O) groups is 2. The molecule has 1 amide bonds. The Bertz CT molecular complexity index is 976. The van der Waals surface area contributed by atoms with Gasteiger partial charge in [0.15, 0.2) is 0 Å². The Balaban J connectivity index is 1.78. The van der Waals surface area contributed by atoms with E-state index in [1.165, 1.54) is 0 Å². The van der Waals surface area contributed by atoms with E-state index < -0.39 is 17.7 Å². The lowest BCUT2D eigenvalue weighted by atomic mass is 9.91. The number of Topliss-reactive ketones (excluding diaryl/α,β-unsaturated/α-hetero) is 1. The van der Waals surface area contributed by atoms with Crippen LogP contribution < -0.4 is 4.74 Å². The predicted molar refractivity (Wildman–Crippen MR) is 117 cm³/mol. The fraction of sp³-hybridized carbons (Fsp3) is 0.400. The maximum atomic E-state index is 13.1. The van der Waals surface area contributed by atoms with E-state index in [0.29, 0.717) is 11.3 Å². The van der Waals surface area contributed by atoms with Crippen molar-refractivity contribution in [3.05, 3.63) is 65.5 Å². The molecule has 1 atom stereocenters. The summed E-state index contributed by atoms with van der Waals surface area (Å²) in [5, 5.41) is 11.2. The first-order valence-electron chi connectivity index (χ1n) is 10.9. The highest BCUT2D eigenvalue weighted by Gasteiger charge is 2.48. The minimum Gasteiger partial charge on any atom is -0.507 e. The Morgan fingerprint density at radius 3 is 2.29 bits per heavy atom. The molecular formula is C25H28N2O4. The predicted octanol–water partition coefficient (Wildman–Crippen LogP) is 4.62. The van der Waals surface area contributed by atoms with E-state index in [-0.39, 0.29) is 23.5 Å². The number of ketones is 1. The van der Waals surface area contributed by atoms with Gasteiger partial charge in [0, 0.05) is 24.0 Å². The van der Waals surface area contributed by atoms with Crippen molar-refractivity contribution in [2.24, 2.45) is 0 Å². The second-order valence-electron chi connectivity index (χ2n) is 8.47. The number of pyridine rings is 1. The summed E-state index contributed by atoms with van der Waals surface area (Å²) in [6.45, 7) is 3.88. The number of rotatable bonds is 5. The van der Waals surface area contributed by atoms with Crippen molar-refractivity contribution >= 4 is 17.4 Å². The molecular weight excluding hydrogens is 392 g/mol. The fourth-order valence-corrected chi connectivity index (χ4v) is 4.58. The third-order valence-corrected chi connectivity index (χ3v) is 5.97. The number of hydrogen-bond donors (Lipinski definition) is 1. The van der Waals surface area contributed by atoms with Crippen molar-refractivity contribution < 1.29 is 19.4 Å². The van der Waals surface area contributed by atoms with E-state index in [2.05, 4.69) is 4.98 Å². The van der Waals surface area contributed by atoms with Crippen molar-refractivity contribution in [1.29, 1.82) is 0 Å². The van der Waals surface area contributed by atoms with Crippen molar-refractivity contribution in [3.8, 4) is 5.75 Å². The van der Waals surface area contributed by atoms with Gasteiger partial charge in [0.2, 0.25) is 0 Å². The number of aliphatic hydroxyl groups is 1. The van der Waals surface area contributed by atoms with Crippen LogP contribution in [0.2, 0.25) is 0 Å². The number of amides is 1. The number of nitrogens with zero attached hydrogens (tertiary/aromatic N) is 2. The number of likely N-dealkylation sites (tertiary alicyclic amines) is 1. The van der Waals surface area contributed by atoms with Gasteiger partial charge in [0.05, 0.1) is 17.7 Å². The van der Waals surface area contributed by atoms with Crippen LogP contribution in [0, 0.1) is 0 Å². The molecule has 2 fully saturated rings. The van der Waals surface area contributed by atoms with Crippen molar-refractivity contribution in [2.75, 3.05) is 0 Å². The monoisotopic (exact) mass is 420 g/mol. The smallest absolute Gasteiger partial charge is 0.295 e. The molecule has 31 heavy (non-hydrogen) atoms. The average Bonchev–Trinajstić information content (AvgIpc) is 3.05. The van der Waals surface area contributed by atoms with Crippen molar-refractivity contribution in [1.82, 2.24) is 9.88 Å². The Labute approximate surface area is 182 Å². The van der Waals surface area contributed by atoms with Crippen LogP contribution in [0.5, 0.6) is 5.75 Å². The van der Waals surface area contributed by atoms with Crippen molar-refractivity contribution in [2.45, 2.75) is 64.1 Å². The van der Waals surface area contributed by atoms with E-state index in [1.807, 2.05) is 13.8 Å². The van der Waals surface area contributed by atoms with E-state index in [1.54, 1.807) is 53.7 Å².